The lowest BCUT2D eigenvalue weighted by molar-refractivity contribution is 0.0600. The van der Waals surface area contributed by atoms with E-state index in [1.807, 2.05) is 54.6 Å². The molecule has 5 nitrogen and oxygen atoms in total. The lowest BCUT2D eigenvalue weighted by Gasteiger charge is -2.09. The third kappa shape index (κ3) is 4.27. The normalized spacial score (nSPS) is 10.0. The number of esters is 1. The van der Waals surface area contributed by atoms with E-state index in [1.54, 1.807) is 18.2 Å². The van der Waals surface area contributed by atoms with Gasteiger partial charge in [-0.2, -0.15) is 0 Å². The summed E-state index contributed by atoms with van der Waals surface area (Å²) in [4.78, 5) is 23.9. The molecule has 130 valence electrons. The summed E-state index contributed by atoms with van der Waals surface area (Å²) < 4.78 is 4.67. The zero-order chi connectivity index (χ0) is 18.4. The van der Waals surface area contributed by atoms with E-state index in [0.29, 0.717) is 16.8 Å². The van der Waals surface area contributed by atoms with E-state index in [9.17, 15) is 9.59 Å². The van der Waals surface area contributed by atoms with Crippen LogP contribution < -0.4 is 10.6 Å². The van der Waals surface area contributed by atoms with Crippen LogP contribution in [0.4, 0.5) is 17.1 Å². The average Bonchev–Trinajstić information content (AvgIpc) is 2.69. The van der Waals surface area contributed by atoms with Gasteiger partial charge in [0.15, 0.2) is 0 Å². The van der Waals surface area contributed by atoms with E-state index in [4.69, 9.17) is 0 Å². The van der Waals surface area contributed by atoms with Gasteiger partial charge in [-0.3, -0.25) is 4.79 Å². The minimum absolute atomic E-state index is 0.292. The molecule has 1 amide bonds. The van der Waals surface area contributed by atoms with Crippen LogP contribution in [0, 0.1) is 0 Å². The van der Waals surface area contributed by atoms with Gasteiger partial charge in [0, 0.05) is 22.6 Å². The first kappa shape index (κ1) is 17.2. The molecule has 0 aliphatic heterocycles. The second-order valence-corrected chi connectivity index (χ2v) is 5.59. The fourth-order valence-electron chi connectivity index (χ4n) is 2.43. The molecule has 0 heterocycles. The third-order valence-corrected chi connectivity index (χ3v) is 3.75. The molecule has 5 heteroatoms. The highest BCUT2D eigenvalue weighted by atomic mass is 16.5. The number of methoxy groups -OCH3 is 1. The average molecular weight is 346 g/mol. The van der Waals surface area contributed by atoms with Gasteiger partial charge in [0.2, 0.25) is 0 Å². The SMILES string of the molecule is COC(=O)c1cccc(C(=O)Nc2ccc(Nc3ccccc3)cc2)c1. The molecule has 0 spiro atoms. The second-order valence-electron chi connectivity index (χ2n) is 5.59. The first-order valence-corrected chi connectivity index (χ1v) is 8.07. The summed E-state index contributed by atoms with van der Waals surface area (Å²) in [5.41, 5.74) is 3.30. The van der Waals surface area contributed by atoms with Crippen molar-refractivity contribution in [2.45, 2.75) is 0 Å². The van der Waals surface area contributed by atoms with Crippen molar-refractivity contribution in [1.29, 1.82) is 0 Å². The van der Waals surface area contributed by atoms with Crippen LogP contribution in [-0.4, -0.2) is 19.0 Å². The third-order valence-electron chi connectivity index (χ3n) is 3.75. The highest BCUT2D eigenvalue weighted by Gasteiger charge is 2.11. The molecule has 0 bridgehead atoms. The monoisotopic (exact) mass is 346 g/mol. The predicted molar refractivity (Wildman–Crippen MR) is 102 cm³/mol. The Labute approximate surface area is 151 Å². The van der Waals surface area contributed by atoms with E-state index >= 15 is 0 Å². The molecular weight excluding hydrogens is 328 g/mol. The number of benzene rings is 3. The molecule has 3 rings (SSSR count). The van der Waals surface area contributed by atoms with Crippen LogP contribution >= 0.6 is 0 Å². The lowest BCUT2D eigenvalue weighted by Crippen LogP contribution is -2.13. The standard InChI is InChI=1S/C21H18N2O3/c1-26-21(25)16-7-5-6-15(14-16)20(24)23-19-12-10-18(11-13-19)22-17-8-3-2-4-9-17/h2-14,22H,1H3,(H,23,24). The zero-order valence-electron chi connectivity index (χ0n) is 14.2. The summed E-state index contributed by atoms with van der Waals surface area (Å²) in [7, 11) is 1.31. The Morgan fingerprint density at radius 1 is 0.731 bits per heavy atom. The molecule has 0 radical (unpaired) electrons. The quantitative estimate of drug-likeness (QED) is 0.669. The summed E-state index contributed by atoms with van der Waals surface area (Å²) in [6.07, 6.45) is 0. The number of carbonyl (C=O) groups is 2. The Morgan fingerprint density at radius 3 is 2.04 bits per heavy atom. The molecule has 0 unspecified atom stereocenters. The maximum absolute atomic E-state index is 12.4. The van der Waals surface area contributed by atoms with Crippen molar-refractivity contribution in [2.24, 2.45) is 0 Å². The molecule has 0 atom stereocenters. The van der Waals surface area contributed by atoms with Gasteiger partial charge in [-0.15, -0.1) is 0 Å². The van der Waals surface area contributed by atoms with Crippen LogP contribution in [0.2, 0.25) is 0 Å². The number of carbonyl (C=O) groups excluding carboxylic acids is 2. The molecule has 26 heavy (non-hydrogen) atoms. The molecule has 0 aromatic heterocycles. The predicted octanol–water partition coefficient (Wildman–Crippen LogP) is 4.47. The number of nitrogens with one attached hydrogen (secondary N) is 2. The molecule has 2 N–H and O–H groups in total. The Morgan fingerprint density at radius 2 is 1.35 bits per heavy atom. The van der Waals surface area contributed by atoms with Gasteiger partial charge >= 0.3 is 5.97 Å². The Hall–Kier alpha value is -3.60. The Kier molecular flexibility index (Phi) is 5.29. The van der Waals surface area contributed by atoms with Gasteiger partial charge in [-0.1, -0.05) is 24.3 Å². The molecule has 3 aromatic rings. The van der Waals surface area contributed by atoms with Crippen molar-refractivity contribution in [1.82, 2.24) is 0 Å². The van der Waals surface area contributed by atoms with Crippen LogP contribution in [0.15, 0.2) is 78.9 Å². The lowest BCUT2D eigenvalue weighted by atomic mass is 10.1. The smallest absolute Gasteiger partial charge is 0.337 e. The van der Waals surface area contributed by atoms with Crippen molar-refractivity contribution in [3.63, 3.8) is 0 Å². The van der Waals surface area contributed by atoms with Crippen LogP contribution in [0.3, 0.4) is 0 Å². The molecule has 3 aromatic carbocycles. The van der Waals surface area contributed by atoms with Gasteiger partial charge in [0.25, 0.3) is 5.91 Å². The largest absolute Gasteiger partial charge is 0.465 e. The summed E-state index contributed by atoms with van der Waals surface area (Å²) in [5, 5.41) is 6.09. The zero-order valence-corrected chi connectivity index (χ0v) is 14.2. The van der Waals surface area contributed by atoms with Crippen LogP contribution in [0.1, 0.15) is 20.7 Å². The maximum Gasteiger partial charge on any atom is 0.337 e. The number of ether oxygens (including phenoxy) is 1. The summed E-state index contributed by atoms with van der Waals surface area (Å²) >= 11 is 0. The van der Waals surface area contributed by atoms with Crippen molar-refractivity contribution in [3.8, 4) is 0 Å². The summed E-state index contributed by atoms with van der Waals surface area (Å²) in [6.45, 7) is 0. The van der Waals surface area contributed by atoms with E-state index < -0.39 is 5.97 Å². The first-order valence-electron chi connectivity index (χ1n) is 8.07. The van der Waals surface area contributed by atoms with Gasteiger partial charge in [0.1, 0.15) is 0 Å². The maximum atomic E-state index is 12.4. The first-order chi connectivity index (χ1) is 12.7. The molecular formula is C21H18N2O3. The molecule has 0 aliphatic rings. The number of anilines is 3. The van der Waals surface area contributed by atoms with Crippen molar-refractivity contribution < 1.29 is 14.3 Å². The molecule has 0 aliphatic carbocycles. The summed E-state index contributed by atoms with van der Waals surface area (Å²) in [6, 6.07) is 23.6. The minimum atomic E-state index is -0.476. The molecule has 0 saturated carbocycles. The highest BCUT2D eigenvalue weighted by molar-refractivity contribution is 6.05. The van der Waals surface area contributed by atoms with Gasteiger partial charge < -0.3 is 15.4 Å². The fourth-order valence-corrected chi connectivity index (χ4v) is 2.43. The van der Waals surface area contributed by atoms with E-state index in [2.05, 4.69) is 15.4 Å². The van der Waals surface area contributed by atoms with E-state index in [0.717, 1.165) is 11.4 Å². The van der Waals surface area contributed by atoms with Crippen LogP contribution in [0.25, 0.3) is 0 Å². The van der Waals surface area contributed by atoms with Crippen molar-refractivity contribution >= 4 is 28.9 Å². The molecule has 0 fully saturated rings. The number of amides is 1. The van der Waals surface area contributed by atoms with Crippen LogP contribution in [0.5, 0.6) is 0 Å². The van der Waals surface area contributed by atoms with E-state index in [-0.39, 0.29) is 5.91 Å². The van der Waals surface area contributed by atoms with Crippen molar-refractivity contribution in [3.05, 3.63) is 90.0 Å². The second kappa shape index (κ2) is 7.98. The fraction of sp³-hybridized carbons (Fsp3) is 0.0476. The summed E-state index contributed by atoms with van der Waals surface area (Å²) in [5.74, 6) is -0.768. The van der Waals surface area contributed by atoms with Crippen molar-refractivity contribution in [2.75, 3.05) is 17.7 Å². The van der Waals surface area contributed by atoms with Gasteiger partial charge in [-0.05, 0) is 54.6 Å². The Balaban J connectivity index is 1.67. The van der Waals surface area contributed by atoms with Gasteiger partial charge in [0.05, 0.1) is 12.7 Å². The van der Waals surface area contributed by atoms with E-state index in [1.165, 1.54) is 13.2 Å². The van der Waals surface area contributed by atoms with Crippen LogP contribution in [-0.2, 0) is 4.74 Å². The number of hydrogen-bond donors (Lipinski definition) is 2. The Bertz CT molecular complexity index is 906. The number of rotatable bonds is 5. The number of hydrogen-bond acceptors (Lipinski definition) is 4. The highest BCUT2D eigenvalue weighted by Crippen LogP contribution is 2.19. The van der Waals surface area contributed by atoms with Gasteiger partial charge in [-0.25, -0.2) is 4.79 Å². The number of para-hydroxylation sites is 1. The molecule has 0 saturated heterocycles. The topological polar surface area (TPSA) is 67.4 Å². The minimum Gasteiger partial charge on any atom is -0.465 e.